The van der Waals surface area contributed by atoms with E-state index < -0.39 is 23.5 Å². The van der Waals surface area contributed by atoms with Crippen molar-refractivity contribution < 1.29 is 23.2 Å². The molecule has 3 amide bonds. The molecule has 0 aliphatic carbocycles. The first-order valence-electron chi connectivity index (χ1n) is 6.89. The maximum absolute atomic E-state index is 13.3. The Kier molecular flexibility index (Phi) is 5.84. The van der Waals surface area contributed by atoms with Crippen molar-refractivity contribution in [3.05, 3.63) is 65.9 Å². The molecule has 0 atom stereocenters. The molecule has 0 fully saturated rings. The van der Waals surface area contributed by atoms with Crippen molar-refractivity contribution in [3.8, 4) is 0 Å². The predicted octanol–water partition coefficient (Wildman–Crippen LogP) is 0.896. The lowest BCUT2D eigenvalue weighted by Gasteiger charge is -2.05. The fraction of sp³-hybridized carbons (Fsp3) is 0.0625. The summed E-state index contributed by atoms with van der Waals surface area (Å²) in [5.41, 5.74) is 4.17. The van der Waals surface area contributed by atoms with Crippen LogP contribution in [-0.2, 0) is 20.9 Å². The molecule has 0 saturated heterocycles. The van der Waals surface area contributed by atoms with Gasteiger partial charge in [0, 0.05) is 11.6 Å². The van der Waals surface area contributed by atoms with Crippen LogP contribution in [0.25, 0.3) is 6.08 Å². The lowest BCUT2D eigenvalue weighted by molar-refractivity contribution is -0.140. The Hall–Kier alpha value is -3.42. The van der Waals surface area contributed by atoms with Crippen molar-refractivity contribution in [1.82, 2.24) is 16.2 Å². The highest BCUT2D eigenvalue weighted by Crippen LogP contribution is 2.07. The van der Waals surface area contributed by atoms with E-state index in [9.17, 15) is 18.8 Å². The van der Waals surface area contributed by atoms with Crippen LogP contribution in [0.3, 0.4) is 0 Å². The second-order valence-corrected chi connectivity index (χ2v) is 4.56. The standard InChI is InChI=1S/C16H14FN3O4/c17-13-6-2-1-4-11(13)7-8-14(21)19-20-16(23)15(22)18-10-12-5-3-9-24-12/h1-9H,10H2,(H,18,22)(H,19,21)(H,20,23)/b8-7+. The average Bonchev–Trinajstić information content (AvgIpc) is 3.10. The molecule has 0 bridgehead atoms. The number of carbonyl (C=O) groups excluding carboxylic acids is 3. The van der Waals surface area contributed by atoms with Gasteiger partial charge in [0.2, 0.25) is 0 Å². The summed E-state index contributed by atoms with van der Waals surface area (Å²) in [6, 6.07) is 9.15. The molecule has 2 aromatic rings. The monoisotopic (exact) mass is 331 g/mol. The Labute approximate surface area is 136 Å². The van der Waals surface area contributed by atoms with Gasteiger partial charge >= 0.3 is 11.8 Å². The van der Waals surface area contributed by atoms with Gasteiger partial charge in [-0.05, 0) is 24.3 Å². The minimum Gasteiger partial charge on any atom is -0.467 e. The molecular weight excluding hydrogens is 317 g/mol. The lowest BCUT2D eigenvalue weighted by atomic mass is 10.2. The summed E-state index contributed by atoms with van der Waals surface area (Å²) in [6.45, 7) is 0.0421. The molecular formula is C16H14FN3O4. The van der Waals surface area contributed by atoms with E-state index in [0.717, 1.165) is 6.08 Å². The summed E-state index contributed by atoms with van der Waals surface area (Å²) >= 11 is 0. The Morgan fingerprint density at radius 2 is 1.83 bits per heavy atom. The number of furan rings is 1. The summed E-state index contributed by atoms with van der Waals surface area (Å²) in [7, 11) is 0. The van der Waals surface area contributed by atoms with Crippen LogP contribution in [0.15, 0.2) is 53.2 Å². The van der Waals surface area contributed by atoms with Crippen LogP contribution in [0.2, 0.25) is 0 Å². The molecule has 1 aromatic heterocycles. The normalized spacial score (nSPS) is 10.4. The van der Waals surface area contributed by atoms with Crippen LogP contribution in [0.5, 0.6) is 0 Å². The van der Waals surface area contributed by atoms with Gasteiger partial charge in [0.05, 0.1) is 12.8 Å². The number of benzene rings is 1. The molecule has 1 aromatic carbocycles. The van der Waals surface area contributed by atoms with Gasteiger partial charge in [-0.3, -0.25) is 25.2 Å². The van der Waals surface area contributed by atoms with Crippen LogP contribution in [0.4, 0.5) is 4.39 Å². The van der Waals surface area contributed by atoms with Crippen molar-refractivity contribution >= 4 is 23.8 Å². The van der Waals surface area contributed by atoms with Crippen molar-refractivity contribution in [3.63, 3.8) is 0 Å². The summed E-state index contributed by atoms with van der Waals surface area (Å²) in [5, 5.41) is 2.31. The Morgan fingerprint density at radius 3 is 2.54 bits per heavy atom. The van der Waals surface area contributed by atoms with Gasteiger partial charge in [0.25, 0.3) is 5.91 Å². The van der Waals surface area contributed by atoms with Crippen LogP contribution in [-0.4, -0.2) is 17.7 Å². The zero-order valence-electron chi connectivity index (χ0n) is 12.4. The summed E-state index contributed by atoms with van der Waals surface area (Å²) in [5.74, 6) is -2.71. The van der Waals surface area contributed by atoms with Gasteiger partial charge in [0.15, 0.2) is 0 Å². The highest BCUT2D eigenvalue weighted by molar-refractivity contribution is 6.35. The zero-order valence-corrected chi connectivity index (χ0v) is 12.4. The Balaban J connectivity index is 1.75. The molecule has 24 heavy (non-hydrogen) atoms. The van der Waals surface area contributed by atoms with Gasteiger partial charge < -0.3 is 9.73 Å². The van der Waals surface area contributed by atoms with Crippen molar-refractivity contribution in [2.45, 2.75) is 6.54 Å². The molecule has 124 valence electrons. The molecule has 0 unspecified atom stereocenters. The molecule has 7 nitrogen and oxygen atoms in total. The van der Waals surface area contributed by atoms with Crippen molar-refractivity contribution in [2.75, 3.05) is 0 Å². The third-order valence-corrected chi connectivity index (χ3v) is 2.83. The van der Waals surface area contributed by atoms with E-state index >= 15 is 0 Å². The van der Waals surface area contributed by atoms with Crippen molar-refractivity contribution in [2.24, 2.45) is 0 Å². The molecule has 0 saturated carbocycles. The van der Waals surface area contributed by atoms with Gasteiger partial charge in [0.1, 0.15) is 11.6 Å². The van der Waals surface area contributed by atoms with Gasteiger partial charge in [-0.2, -0.15) is 0 Å². The third-order valence-electron chi connectivity index (χ3n) is 2.83. The fourth-order valence-electron chi connectivity index (χ4n) is 1.65. The topological polar surface area (TPSA) is 100 Å². The van der Waals surface area contributed by atoms with E-state index in [4.69, 9.17) is 4.42 Å². The third kappa shape index (κ3) is 5.09. The van der Waals surface area contributed by atoms with Crippen molar-refractivity contribution in [1.29, 1.82) is 0 Å². The molecule has 0 spiro atoms. The number of hydrogen-bond donors (Lipinski definition) is 3. The van der Waals surface area contributed by atoms with E-state index in [0.29, 0.717) is 5.76 Å². The molecule has 0 aliphatic rings. The SMILES string of the molecule is O=C(/C=C/c1ccccc1F)NNC(=O)C(=O)NCc1ccco1. The summed E-state index contributed by atoms with van der Waals surface area (Å²) in [4.78, 5) is 34.5. The van der Waals surface area contributed by atoms with E-state index in [1.165, 1.54) is 30.5 Å². The quantitative estimate of drug-likeness (QED) is 0.440. The highest BCUT2D eigenvalue weighted by Gasteiger charge is 2.13. The van der Waals surface area contributed by atoms with Gasteiger partial charge in [-0.1, -0.05) is 18.2 Å². The van der Waals surface area contributed by atoms with E-state index in [1.807, 2.05) is 10.9 Å². The van der Waals surface area contributed by atoms with E-state index in [2.05, 4.69) is 5.32 Å². The number of rotatable bonds is 4. The summed E-state index contributed by atoms with van der Waals surface area (Å²) in [6.07, 6.45) is 3.71. The maximum Gasteiger partial charge on any atom is 0.327 e. The van der Waals surface area contributed by atoms with E-state index in [-0.39, 0.29) is 12.1 Å². The number of nitrogens with one attached hydrogen (secondary N) is 3. The van der Waals surface area contributed by atoms with Crippen LogP contribution in [0.1, 0.15) is 11.3 Å². The number of halogens is 1. The Morgan fingerprint density at radius 1 is 1.04 bits per heavy atom. The second-order valence-electron chi connectivity index (χ2n) is 4.56. The predicted molar refractivity (Wildman–Crippen MR) is 82.3 cm³/mol. The minimum absolute atomic E-state index is 0.0421. The van der Waals surface area contributed by atoms with E-state index in [1.54, 1.807) is 18.2 Å². The van der Waals surface area contributed by atoms with Gasteiger partial charge in [-0.15, -0.1) is 0 Å². The molecule has 2 rings (SSSR count). The number of carbonyl (C=O) groups is 3. The molecule has 1 heterocycles. The summed E-state index contributed by atoms with van der Waals surface area (Å²) < 4.78 is 18.3. The molecule has 0 radical (unpaired) electrons. The first-order chi connectivity index (χ1) is 11.6. The number of hydrogen-bond acceptors (Lipinski definition) is 4. The smallest absolute Gasteiger partial charge is 0.327 e. The second kappa shape index (κ2) is 8.28. The largest absolute Gasteiger partial charge is 0.467 e. The highest BCUT2D eigenvalue weighted by atomic mass is 19.1. The fourth-order valence-corrected chi connectivity index (χ4v) is 1.65. The average molecular weight is 331 g/mol. The maximum atomic E-state index is 13.3. The number of hydrazine groups is 1. The Bertz CT molecular complexity index is 756. The van der Waals surface area contributed by atoms with Crippen LogP contribution >= 0.6 is 0 Å². The first-order valence-corrected chi connectivity index (χ1v) is 6.89. The first kappa shape index (κ1) is 16.9. The lowest BCUT2D eigenvalue weighted by Crippen LogP contribution is -2.47. The minimum atomic E-state index is -1.05. The number of amides is 3. The zero-order chi connectivity index (χ0) is 17.4. The van der Waals surface area contributed by atoms with Crippen LogP contribution in [0, 0.1) is 5.82 Å². The van der Waals surface area contributed by atoms with Gasteiger partial charge in [-0.25, -0.2) is 4.39 Å². The molecule has 3 N–H and O–H groups in total. The molecule has 8 heteroatoms. The molecule has 0 aliphatic heterocycles. The van der Waals surface area contributed by atoms with Crippen LogP contribution < -0.4 is 16.2 Å².